The lowest BCUT2D eigenvalue weighted by Gasteiger charge is -2.07. The smallest absolute Gasteiger partial charge is 0.210 e. The highest BCUT2D eigenvalue weighted by molar-refractivity contribution is 7.89. The molecule has 1 rings (SSSR count). The molecule has 0 atom stereocenters. The molecule has 0 bridgehead atoms. The predicted molar refractivity (Wildman–Crippen MR) is 64.4 cm³/mol. The van der Waals surface area contributed by atoms with Crippen LogP contribution in [0.3, 0.4) is 0 Å². The van der Waals surface area contributed by atoms with Gasteiger partial charge in [-0.1, -0.05) is 12.2 Å². The van der Waals surface area contributed by atoms with Gasteiger partial charge in [-0.25, -0.2) is 13.6 Å². The first-order valence-electron chi connectivity index (χ1n) is 4.26. The van der Waals surface area contributed by atoms with E-state index in [4.69, 9.17) is 23.1 Å². The van der Waals surface area contributed by atoms with E-state index in [0.29, 0.717) is 11.4 Å². The summed E-state index contributed by atoms with van der Waals surface area (Å²) >= 11 is 4.80. The minimum Gasteiger partial charge on any atom is -0.389 e. The number of nitrogens with zero attached hydrogens (tertiary/aromatic N) is 2. The molecule has 0 aliphatic rings. The van der Waals surface area contributed by atoms with E-state index in [2.05, 4.69) is 15.5 Å². The summed E-state index contributed by atoms with van der Waals surface area (Å²) in [6.45, 7) is 0.118. The van der Waals surface area contributed by atoms with Crippen LogP contribution >= 0.6 is 12.2 Å². The first-order chi connectivity index (χ1) is 7.40. The van der Waals surface area contributed by atoms with Crippen molar-refractivity contribution < 1.29 is 8.42 Å². The zero-order valence-corrected chi connectivity index (χ0v) is 9.88. The highest BCUT2D eigenvalue weighted by atomic mass is 32.2. The number of hydrogen-bond acceptors (Lipinski definition) is 6. The van der Waals surface area contributed by atoms with Gasteiger partial charge in [0.15, 0.2) is 5.82 Å². The molecule has 0 amide bonds. The molecular weight excluding hydrogens is 250 g/mol. The van der Waals surface area contributed by atoms with Crippen LogP contribution in [-0.4, -0.2) is 35.9 Å². The van der Waals surface area contributed by atoms with Crippen LogP contribution in [0.1, 0.15) is 5.56 Å². The van der Waals surface area contributed by atoms with E-state index in [0.717, 1.165) is 0 Å². The van der Waals surface area contributed by atoms with E-state index in [1.165, 1.54) is 6.20 Å². The van der Waals surface area contributed by atoms with Crippen molar-refractivity contribution in [3.8, 4) is 0 Å². The Morgan fingerprint density at radius 1 is 1.56 bits per heavy atom. The van der Waals surface area contributed by atoms with Gasteiger partial charge < -0.3 is 11.1 Å². The molecule has 16 heavy (non-hydrogen) atoms. The van der Waals surface area contributed by atoms with Crippen LogP contribution in [0, 0.1) is 0 Å². The number of aromatic nitrogens is 2. The summed E-state index contributed by atoms with van der Waals surface area (Å²) < 4.78 is 21.4. The molecule has 1 aromatic heterocycles. The quantitative estimate of drug-likeness (QED) is 0.569. The van der Waals surface area contributed by atoms with Crippen molar-refractivity contribution in [1.82, 2.24) is 10.2 Å². The molecule has 7 nitrogen and oxygen atoms in total. The van der Waals surface area contributed by atoms with Crippen LogP contribution in [0.25, 0.3) is 0 Å². The van der Waals surface area contributed by atoms with Gasteiger partial charge in [0, 0.05) is 6.54 Å². The topological polar surface area (TPSA) is 124 Å². The molecule has 1 heterocycles. The van der Waals surface area contributed by atoms with Gasteiger partial charge in [0.05, 0.1) is 17.5 Å². The Bertz CT molecular complexity index is 487. The molecular formula is C7H11N5O2S2. The van der Waals surface area contributed by atoms with Crippen LogP contribution in [-0.2, 0) is 10.0 Å². The van der Waals surface area contributed by atoms with Gasteiger partial charge in [-0.2, -0.15) is 5.10 Å². The highest BCUT2D eigenvalue weighted by Crippen LogP contribution is 2.09. The molecule has 88 valence electrons. The van der Waals surface area contributed by atoms with E-state index in [1.807, 2.05) is 0 Å². The van der Waals surface area contributed by atoms with E-state index in [-0.39, 0.29) is 17.3 Å². The zero-order valence-electron chi connectivity index (χ0n) is 8.25. The highest BCUT2D eigenvalue weighted by Gasteiger charge is 2.07. The van der Waals surface area contributed by atoms with Crippen molar-refractivity contribution in [2.24, 2.45) is 10.9 Å². The summed E-state index contributed by atoms with van der Waals surface area (Å²) in [4.78, 5) is 0.160. The molecule has 0 unspecified atom stereocenters. The van der Waals surface area contributed by atoms with Crippen LogP contribution in [0.5, 0.6) is 0 Å². The number of primary sulfonamides is 1. The van der Waals surface area contributed by atoms with Gasteiger partial charge in [-0.05, 0) is 6.07 Å². The Morgan fingerprint density at radius 2 is 2.25 bits per heavy atom. The van der Waals surface area contributed by atoms with Crippen molar-refractivity contribution in [1.29, 1.82) is 0 Å². The molecule has 0 aliphatic heterocycles. The largest absolute Gasteiger partial charge is 0.389 e. The lowest BCUT2D eigenvalue weighted by atomic mass is 10.3. The van der Waals surface area contributed by atoms with Gasteiger partial charge >= 0.3 is 0 Å². The number of nitrogens with two attached hydrogens (primary N) is 2. The molecule has 0 radical (unpaired) electrons. The first-order valence-corrected chi connectivity index (χ1v) is 6.38. The number of hydrogen-bond donors (Lipinski definition) is 3. The van der Waals surface area contributed by atoms with Gasteiger partial charge in [0.2, 0.25) is 10.0 Å². The van der Waals surface area contributed by atoms with Crippen LogP contribution in [0.15, 0.2) is 12.3 Å². The summed E-state index contributed by atoms with van der Waals surface area (Å²) in [6, 6.07) is 1.59. The third kappa shape index (κ3) is 4.04. The Kier molecular flexibility index (Phi) is 4.10. The van der Waals surface area contributed by atoms with Crippen molar-refractivity contribution in [3.63, 3.8) is 0 Å². The fraction of sp³-hybridized carbons (Fsp3) is 0.286. The predicted octanol–water partition coefficient (Wildman–Crippen LogP) is -1.19. The average molecular weight is 261 g/mol. The molecule has 9 heteroatoms. The monoisotopic (exact) mass is 261 g/mol. The summed E-state index contributed by atoms with van der Waals surface area (Å²) in [5.41, 5.74) is 5.97. The number of anilines is 1. The number of rotatable bonds is 5. The van der Waals surface area contributed by atoms with Crippen LogP contribution < -0.4 is 16.2 Å². The molecule has 1 aromatic rings. The molecule has 0 fully saturated rings. The second-order valence-electron chi connectivity index (χ2n) is 2.95. The fourth-order valence-electron chi connectivity index (χ4n) is 0.973. The molecule has 0 spiro atoms. The normalized spacial score (nSPS) is 11.1. The Hall–Kier alpha value is -1.32. The Balaban J connectivity index is 2.71. The van der Waals surface area contributed by atoms with Gasteiger partial charge in [-0.3, -0.25) is 0 Å². The molecule has 0 saturated heterocycles. The van der Waals surface area contributed by atoms with Crippen molar-refractivity contribution >= 4 is 33.0 Å². The molecule has 5 N–H and O–H groups in total. The standard InChI is InChI=1S/C7H11N5O2S2/c8-6(15)5-1-2-11-12-7(5)10-3-4-16(9,13)14/h1-2H,3-4H2,(H2,8,15)(H,10,12)(H2,9,13,14). The second-order valence-corrected chi connectivity index (χ2v) is 5.13. The Labute approximate surface area is 98.3 Å². The maximum Gasteiger partial charge on any atom is 0.210 e. The van der Waals surface area contributed by atoms with E-state index >= 15 is 0 Å². The zero-order chi connectivity index (χ0) is 12.2. The SMILES string of the molecule is NC(=S)c1ccnnc1NCCS(N)(=O)=O. The van der Waals surface area contributed by atoms with Crippen molar-refractivity contribution in [3.05, 3.63) is 17.8 Å². The third-order valence-electron chi connectivity index (χ3n) is 1.67. The van der Waals surface area contributed by atoms with E-state index < -0.39 is 10.0 Å². The minimum absolute atomic E-state index is 0.118. The summed E-state index contributed by atoms with van der Waals surface area (Å²) in [6.07, 6.45) is 1.44. The molecule has 0 aromatic carbocycles. The number of sulfonamides is 1. The molecule has 0 saturated carbocycles. The number of nitrogens with one attached hydrogen (secondary N) is 1. The van der Waals surface area contributed by atoms with E-state index in [1.54, 1.807) is 6.07 Å². The fourth-order valence-corrected chi connectivity index (χ4v) is 1.52. The van der Waals surface area contributed by atoms with Gasteiger partial charge in [0.1, 0.15) is 4.99 Å². The summed E-state index contributed by atoms with van der Waals surface area (Å²) in [5.74, 6) is 0.138. The lowest BCUT2D eigenvalue weighted by Crippen LogP contribution is -2.24. The van der Waals surface area contributed by atoms with Crippen LogP contribution in [0.2, 0.25) is 0 Å². The van der Waals surface area contributed by atoms with Crippen molar-refractivity contribution in [2.75, 3.05) is 17.6 Å². The second kappa shape index (κ2) is 5.14. The summed E-state index contributed by atoms with van der Waals surface area (Å²) in [7, 11) is -3.50. The molecule has 0 aliphatic carbocycles. The van der Waals surface area contributed by atoms with Gasteiger partial charge in [0.25, 0.3) is 0 Å². The average Bonchev–Trinajstić information content (AvgIpc) is 2.16. The Morgan fingerprint density at radius 3 is 2.81 bits per heavy atom. The van der Waals surface area contributed by atoms with Crippen LogP contribution in [0.4, 0.5) is 5.82 Å². The third-order valence-corrected chi connectivity index (χ3v) is 2.66. The van der Waals surface area contributed by atoms with Gasteiger partial charge in [-0.15, -0.1) is 5.10 Å². The van der Waals surface area contributed by atoms with Crippen molar-refractivity contribution in [2.45, 2.75) is 0 Å². The lowest BCUT2D eigenvalue weighted by molar-refractivity contribution is 0.598. The maximum atomic E-state index is 10.7. The minimum atomic E-state index is -3.50. The number of thiocarbonyl (C=S) groups is 1. The maximum absolute atomic E-state index is 10.7. The van der Waals surface area contributed by atoms with E-state index in [9.17, 15) is 8.42 Å². The first kappa shape index (κ1) is 12.7. The summed E-state index contributed by atoms with van der Waals surface area (Å²) in [5, 5.41) is 15.0.